The summed E-state index contributed by atoms with van der Waals surface area (Å²) in [5, 5.41) is 0. The molecule has 0 aromatic rings. The van der Waals surface area contributed by atoms with Gasteiger partial charge >= 0.3 is 17.9 Å². The van der Waals surface area contributed by atoms with Gasteiger partial charge in [-0.3, -0.25) is 4.79 Å². The summed E-state index contributed by atoms with van der Waals surface area (Å²) in [7, 11) is 0. The zero-order chi connectivity index (χ0) is 16.3. The molecule has 0 saturated heterocycles. The van der Waals surface area contributed by atoms with Crippen LogP contribution < -0.4 is 0 Å². The Morgan fingerprint density at radius 2 is 1.48 bits per heavy atom. The highest BCUT2D eigenvalue weighted by Gasteiger charge is 2.35. The van der Waals surface area contributed by atoms with Crippen LogP contribution in [0.25, 0.3) is 0 Å². The lowest BCUT2D eigenvalue weighted by atomic mass is 9.83. The number of hydrogen-bond acceptors (Lipinski definition) is 6. The van der Waals surface area contributed by atoms with E-state index in [0.29, 0.717) is 6.42 Å². The van der Waals surface area contributed by atoms with Crippen molar-refractivity contribution in [3.05, 3.63) is 38.2 Å². The lowest BCUT2D eigenvalue weighted by molar-refractivity contribution is -0.155. The quantitative estimate of drug-likeness (QED) is 0.265. The first-order valence-electron chi connectivity index (χ1n) is 6.31. The second-order valence-corrected chi connectivity index (χ2v) is 4.31. The van der Waals surface area contributed by atoms with Crippen LogP contribution in [0, 0.1) is 5.41 Å². The van der Waals surface area contributed by atoms with Crippen LogP contribution in [0.15, 0.2) is 38.2 Å². The minimum atomic E-state index is -0.878. The van der Waals surface area contributed by atoms with Gasteiger partial charge < -0.3 is 14.2 Å². The Balaban J connectivity index is 4.96. The molecule has 0 unspecified atom stereocenters. The van der Waals surface area contributed by atoms with Gasteiger partial charge in [0.25, 0.3) is 0 Å². The van der Waals surface area contributed by atoms with Crippen molar-refractivity contribution < 1.29 is 28.6 Å². The highest BCUT2D eigenvalue weighted by molar-refractivity contribution is 5.81. The van der Waals surface area contributed by atoms with Gasteiger partial charge in [-0.15, -0.1) is 0 Å². The standard InChI is InChI=1S/C15H20O6/c1-5-12(16)20-10-15(7-3,9-14(18)19-8-4)11-21-13(17)6-2/h5-6,8H,1-2,4,7,9-11H2,3H3. The van der Waals surface area contributed by atoms with Crippen molar-refractivity contribution in [2.75, 3.05) is 13.2 Å². The molecule has 0 saturated carbocycles. The van der Waals surface area contributed by atoms with E-state index in [1.807, 2.05) is 0 Å². The van der Waals surface area contributed by atoms with Crippen LogP contribution in [-0.4, -0.2) is 31.1 Å². The molecule has 0 aromatic heterocycles. The summed E-state index contributed by atoms with van der Waals surface area (Å²) >= 11 is 0. The number of hydrogen-bond donors (Lipinski definition) is 0. The van der Waals surface area contributed by atoms with Crippen LogP contribution >= 0.6 is 0 Å². The molecular weight excluding hydrogens is 276 g/mol. The minimum Gasteiger partial charge on any atom is -0.462 e. The smallest absolute Gasteiger partial charge is 0.330 e. The topological polar surface area (TPSA) is 78.9 Å². The lowest BCUT2D eigenvalue weighted by Crippen LogP contribution is -2.36. The Morgan fingerprint density at radius 1 is 1.00 bits per heavy atom. The van der Waals surface area contributed by atoms with Crippen molar-refractivity contribution >= 4 is 17.9 Å². The molecule has 0 amide bonds. The van der Waals surface area contributed by atoms with Crippen molar-refractivity contribution in [3.8, 4) is 0 Å². The largest absolute Gasteiger partial charge is 0.462 e. The number of ether oxygens (including phenoxy) is 3. The molecule has 0 spiro atoms. The van der Waals surface area contributed by atoms with Crippen LogP contribution in [0.4, 0.5) is 0 Å². The van der Waals surface area contributed by atoms with E-state index in [1.165, 1.54) is 0 Å². The van der Waals surface area contributed by atoms with E-state index in [0.717, 1.165) is 18.4 Å². The molecule has 0 atom stereocenters. The number of carbonyl (C=O) groups is 3. The van der Waals surface area contributed by atoms with Crippen LogP contribution in [-0.2, 0) is 28.6 Å². The molecule has 0 aliphatic carbocycles. The molecule has 0 aromatic carbocycles. The molecule has 116 valence electrons. The zero-order valence-electron chi connectivity index (χ0n) is 12.1. The number of esters is 3. The van der Waals surface area contributed by atoms with E-state index in [4.69, 9.17) is 9.47 Å². The first-order chi connectivity index (χ1) is 9.92. The molecule has 0 radical (unpaired) electrons. The Hall–Kier alpha value is -2.37. The van der Waals surface area contributed by atoms with Crippen molar-refractivity contribution in [2.24, 2.45) is 5.41 Å². The predicted molar refractivity (Wildman–Crippen MR) is 75.9 cm³/mol. The highest BCUT2D eigenvalue weighted by atomic mass is 16.6. The zero-order valence-corrected chi connectivity index (χ0v) is 12.1. The van der Waals surface area contributed by atoms with Crippen LogP contribution in [0.1, 0.15) is 19.8 Å². The summed E-state index contributed by atoms with van der Waals surface area (Å²) in [6.07, 6.45) is 3.36. The molecule has 0 fully saturated rings. The van der Waals surface area contributed by atoms with Gasteiger partial charge in [-0.05, 0) is 6.42 Å². The van der Waals surface area contributed by atoms with Crippen molar-refractivity contribution in [1.29, 1.82) is 0 Å². The fourth-order valence-electron chi connectivity index (χ4n) is 1.48. The van der Waals surface area contributed by atoms with Gasteiger partial charge in [0.05, 0.1) is 12.7 Å². The molecule has 0 bridgehead atoms. The molecule has 0 N–H and O–H groups in total. The molecule has 0 aliphatic rings. The average Bonchev–Trinajstić information content (AvgIpc) is 2.49. The monoisotopic (exact) mass is 296 g/mol. The van der Waals surface area contributed by atoms with Gasteiger partial charge in [0.1, 0.15) is 13.2 Å². The molecule has 6 nitrogen and oxygen atoms in total. The summed E-state index contributed by atoms with van der Waals surface area (Å²) < 4.78 is 14.6. The van der Waals surface area contributed by atoms with Crippen molar-refractivity contribution in [3.63, 3.8) is 0 Å². The SMILES string of the molecule is C=COC(=O)CC(CC)(COC(=O)C=C)COC(=O)C=C. The lowest BCUT2D eigenvalue weighted by Gasteiger charge is -2.30. The van der Waals surface area contributed by atoms with E-state index in [2.05, 4.69) is 24.5 Å². The third-order valence-electron chi connectivity index (χ3n) is 2.86. The third kappa shape index (κ3) is 7.10. The predicted octanol–water partition coefficient (Wildman–Crippen LogP) is 1.92. The maximum Gasteiger partial charge on any atom is 0.330 e. The van der Waals surface area contributed by atoms with Gasteiger partial charge in [-0.1, -0.05) is 26.7 Å². The normalized spacial score (nSPS) is 10.1. The highest BCUT2D eigenvalue weighted by Crippen LogP contribution is 2.28. The number of carbonyl (C=O) groups excluding carboxylic acids is 3. The Bertz CT molecular complexity index is 400. The molecular formula is C15H20O6. The Labute approximate surface area is 124 Å². The molecule has 6 heteroatoms. The van der Waals surface area contributed by atoms with E-state index >= 15 is 0 Å². The second kappa shape index (κ2) is 9.52. The van der Waals surface area contributed by atoms with E-state index in [9.17, 15) is 14.4 Å². The fourth-order valence-corrected chi connectivity index (χ4v) is 1.48. The van der Waals surface area contributed by atoms with E-state index in [1.54, 1.807) is 6.92 Å². The molecule has 21 heavy (non-hydrogen) atoms. The fraction of sp³-hybridized carbons (Fsp3) is 0.400. The van der Waals surface area contributed by atoms with E-state index < -0.39 is 23.3 Å². The average molecular weight is 296 g/mol. The Morgan fingerprint density at radius 3 is 1.81 bits per heavy atom. The van der Waals surface area contributed by atoms with Gasteiger partial charge in [0.2, 0.25) is 0 Å². The summed E-state index contributed by atoms with van der Waals surface area (Å²) in [4.78, 5) is 34.0. The Kier molecular flexibility index (Phi) is 8.45. The van der Waals surface area contributed by atoms with Gasteiger partial charge in [-0.25, -0.2) is 9.59 Å². The van der Waals surface area contributed by atoms with Crippen LogP contribution in [0.5, 0.6) is 0 Å². The van der Waals surface area contributed by atoms with Gasteiger partial charge in [0, 0.05) is 17.6 Å². The summed E-state index contributed by atoms with van der Waals surface area (Å²) in [5.74, 6) is -1.81. The first-order valence-corrected chi connectivity index (χ1v) is 6.31. The van der Waals surface area contributed by atoms with Crippen molar-refractivity contribution in [2.45, 2.75) is 19.8 Å². The van der Waals surface area contributed by atoms with Crippen LogP contribution in [0.3, 0.4) is 0 Å². The maximum absolute atomic E-state index is 11.6. The van der Waals surface area contributed by atoms with Crippen LogP contribution in [0.2, 0.25) is 0 Å². The molecule has 0 aliphatic heterocycles. The van der Waals surface area contributed by atoms with Gasteiger partial charge in [0.15, 0.2) is 0 Å². The summed E-state index contributed by atoms with van der Waals surface area (Å²) in [6, 6.07) is 0. The molecule has 0 heterocycles. The van der Waals surface area contributed by atoms with Crippen molar-refractivity contribution in [1.82, 2.24) is 0 Å². The summed E-state index contributed by atoms with van der Waals surface area (Å²) in [5.41, 5.74) is -0.878. The second-order valence-electron chi connectivity index (χ2n) is 4.31. The third-order valence-corrected chi connectivity index (χ3v) is 2.86. The summed E-state index contributed by atoms with van der Waals surface area (Å²) in [6.45, 7) is 11.4. The molecule has 0 rings (SSSR count). The number of rotatable bonds is 10. The minimum absolute atomic E-state index is 0.0929. The maximum atomic E-state index is 11.6. The first kappa shape index (κ1) is 18.6. The van der Waals surface area contributed by atoms with Gasteiger partial charge in [-0.2, -0.15) is 0 Å². The van der Waals surface area contributed by atoms with E-state index in [-0.39, 0.29) is 19.6 Å².